The summed E-state index contributed by atoms with van der Waals surface area (Å²) >= 11 is 0. The van der Waals surface area contributed by atoms with Crippen LogP contribution in [0.4, 0.5) is 0 Å². The second-order valence-corrected chi connectivity index (χ2v) is 3.32. The van der Waals surface area contributed by atoms with Gasteiger partial charge in [0, 0.05) is 0 Å². The molecule has 0 spiro atoms. The monoisotopic (exact) mass is 147 g/mol. The number of hydrogen-bond acceptors (Lipinski definition) is 1. The van der Waals surface area contributed by atoms with Gasteiger partial charge in [0.1, 0.15) is 0 Å². The van der Waals surface area contributed by atoms with Gasteiger partial charge in [0.15, 0.2) is 0 Å². The van der Waals surface area contributed by atoms with Crippen LogP contribution in [0, 0.1) is 5.92 Å². The Kier molecular flexibility index (Phi) is 1.57. The summed E-state index contributed by atoms with van der Waals surface area (Å²) in [6, 6.07) is 0.569. The van der Waals surface area contributed by atoms with E-state index in [1.54, 1.807) is 0 Å². The minimum atomic E-state index is 0.569. The van der Waals surface area contributed by atoms with Crippen molar-refractivity contribution < 1.29 is 0 Å². The first-order chi connectivity index (χ1) is 5.36. The maximum atomic E-state index is 3.35. The second-order valence-electron chi connectivity index (χ2n) is 3.32. The zero-order chi connectivity index (χ0) is 7.68. The number of nitrogens with one attached hydrogen (secondary N) is 1. The van der Waals surface area contributed by atoms with E-state index in [2.05, 4.69) is 36.5 Å². The lowest BCUT2D eigenvalue weighted by atomic mass is 9.88. The lowest BCUT2D eigenvalue weighted by molar-refractivity contribution is 0.517. The van der Waals surface area contributed by atoms with E-state index in [0.29, 0.717) is 6.04 Å². The average Bonchev–Trinajstić information content (AvgIpc) is 2.04. The molecule has 2 unspecified atom stereocenters. The van der Waals surface area contributed by atoms with Crippen molar-refractivity contribution in [1.29, 1.82) is 0 Å². The average molecular weight is 147 g/mol. The summed E-state index contributed by atoms with van der Waals surface area (Å²) < 4.78 is 0. The van der Waals surface area contributed by atoms with Crippen LogP contribution >= 0.6 is 0 Å². The third kappa shape index (κ3) is 1.23. The quantitative estimate of drug-likeness (QED) is 0.552. The van der Waals surface area contributed by atoms with Crippen molar-refractivity contribution in [3.63, 3.8) is 0 Å². The molecule has 0 fully saturated rings. The van der Waals surface area contributed by atoms with Crippen molar-refractivity contribution in [2.75, 3.05) is 0 Å². The first-order valence-electron chi connectivity index (χ1n) is 4.17. The minimum Gasteiger partial charge on any atom is -0.384 e. The number of dihydropyridines is 1. The van der Waals surface area contributed by atoms with E-state index < -0.39 is 0 Å². The van der Waals surface area contributed by atoms with Crippen molar-refractivity contribution in [3.05, 3.63) is 36.1 Å². The molecule has 0 aromatic rings. The zero-order valence-corrected chi connectivity index (χ0v) is 6.75. The van der Waals surface area contributed by atoms with Crippen LogP contribution in [0.5, 0.6) is 0 Å². The van der Waals surface area contributed by atoms with Gasteiger partial charge in [-0.15, -0.1) is 0 Å². The third-order valence-corrected chi connectivity index (χ3v) is 2.31. The van der Waals surface area contributed by atoms with Crippen LogP contribution in [-0.2, 0) is 0 Å². The van der Waals surface area contributed by atoms with Gasteiger partial charge in [0.2, 0.25) is 0 Å². The molecule has 0 aromatic carbocycles. The van der Waals surface area contributed by atoms with E-state index in [9.17, 15) is 0 Å². The van der Waals surface area contributed by atoms with Crippen LogP contribution in [0.2, 0.25) is 0 Å². The maximum Gasteiger partial charge on any atom is 0.0513 e. The fraction of sp³-hybridized carbons (Fsp3) is 0.400. The van der Waals surface area contributed by atoms with Crippen molar-refractivity contribution in [2.45, 2.75) is 19.4 Å². The fourth-order valence-electron chi connectivity index (χ4n) is 1.64. The van der Waals surface area contributed by atoms with Gasteiger partial charge in [-0.05, 0) is 30.2 Å². The second kappa shape index (κ2) is 2.57. The molecule has 0 saturated carbocycles. The van der Waals surface area contributed by atoms with E-state index in [1.807, 2.05) is 6.20 Å². The van der Waals surface area contributed by atoms with Gasteiger partial charge in [-0.3, -0.25) is 0 Å². The molecular weight excluding hydrogens is 134 g/mol. The highest BCUT2D eigenvalue weighted by Crippen LogP contribution is 2.23. The molecule has 2 atom stereocenters. The van der Waals surface area contributed by atoms with Crippen LogP contribution in [0.1, 0.15) is 13.3 Å². The molecule has 2 rings (SSSR count). The molecular formula is C10H13N. The Hall–Kier alpha value is -0.980. The topological polar surface area (TPSA) is 12.0 Å². The Balaban J connectivity index is 2.24. The lowest BCUT2D eigenvalue weighted by Crippen LogP contribution is -2.31. The first-order valence-corrected chi connectivity index (χ1v) is 4.17. The molecule has 1 heteroatoms. The van der Waals surface area contributed by atoms with Crippen LogP contribution in [0.25, 0.3) is 0 Å². The van der Waals surface area contributed by atoms with Gasteiger partial charge in [0.25, 0.3) is 0 Å². The van der Waals surface area contributed by atoms with Crippen molar-refractivity contribution >= 4 is 0 Å². The van der Waals surface area contributed by atoms with E-state index in [1.165, 1.54) is 12.0 Å². The van der Waals surface area contributed by atoms with E-state index in [0.717, 1.165) is 5.92 Å². The van der Waals surface area contributed by atoms with E-state index in [-0.39, 0.29) is 0 Å². The van der Waals surface area contributed by atoms with Gasteiger partial charge in [-0.2, -0.15) is 0 Å². The summed E-state index contributed by atoms with van der Waals surface area (Å²) in [5.74, 6) is 0.719. The Bertz CT molecular complexity index is 235. The summed E-state index contributed by atoms with van der Waals surface area (Å²) in [7, 11) is 0. The van der Waals surface area contributed by atoms with Crippen LogP contribution in [-0.4, -0.2) is 6.04 Å². The lowest BCUT2D eigenvalue weighted by Gasteiger charge is -2.27. The van der Waals surface area contributed by atoms with Crippen molar-refractivity contribution in [2.24, 2.45) is 5.92 Å². The molecule has 0 amide bonds. The third-order valence-electron chi connectivity index (χ3n) is 2.31. The summed E-state index contributed by atoms with van der Waals surface area (Å²) in [6.07, 6.45) is 12.0. The maximum absolute atomic E-state index is 3.35. The van der Waals surface area contributed by atoms with Gasteiger partial charge < -0.3 is 5.32 Å². The predicted molar refractivity (Wildman–Crippen MR) is 47.1 cm³/mol. The van der Waals surface area contributed by atoms with E-state index >= 15 is 0 Å². The van der Waals surface area contributed by atoms with Gasteiger partial charge in [0.05, 0.1) is 6.04 Å². The standard InChI is InChI=1S/C10H13N/c1-8-4-5-9-3-2-6-11-10(9)7-8/h2-6,8,10-11H,7H2,1H3. The first kappa shape index (κ1) is 6.71. The molecule has 1 aliphatic heterocycles. The Labute approximate surface area is 67.5 Å². The Morgan fingerprint density at radius 3 is 3.36 bits per heavy atom. The van der Waals surface area contributed by atoms with Crippen LogP contribution < -0.4 is 5.32 Å². The highest BCUT2D eigenvalue weighted by atomic mass is 14.9. The molecule has 1 heterocycles. The molecule has 11 heavy (non-hydrogen) atoms. The number of fused-ring (bicyclic) bond motifs is 1. The number of allylic oxidation sites excluding steroid dienone is 3. The highest BCUT2D eigenvalue weighted by molar-refractivity contribution is 5.34. The fourth-order valence-corrected chi connectivity index (χ4v) is 1.64. The summed E-state index contributed by atoms with van der Waals surface area (Å²) in [6.45, 7) is 2.26. The predicted octanol–water partition coefficient (Wildman–Crippen LogP) is 1.99. The van der Waals surface area contributed by atoms with Crippen LogP contribution in [0.3, 0.4) is 0 Å². The Morgan fingerprint density at radius 1 is 1.55 bits per heavy atom. The molecule has 1 nitrogen and oxygen atoms in total. The number of hydrogen-bond donors (Lipinski definition) is 1. The highest BCUT2D eigenvalue weighted by Gasteiger charge is 2.18. The van der Waals surface area contributed by atoms with E-state index in [4.69, 9.17) is 0 Å². The SMILES string of the molecule is CC1C=CC2=CC=CNC2C1. The molecule has 0 aromatic heterocycles. The number of rotatable bonds is 0. The smallest absolute Gasteiger partial charge is 0.0513 e. The molecule has 0 saturated heterocycles. The van der Waals surface area contributed by atoms with Crippen LogP contribution in [0.15, 0.2) is 36.1 Å². The van der Waals surface area contributed by atoms with Gasteiger partial charge in [-0.1, -0.05) is 25.2 Å². The van der Waals surface area contributed by atoms with Gasteiger partial charge >= 0.3 is 0 Å². The van der Waals surface area contributed by atoms with Gasteiger partial charge in [-0.25, -0.2) is 0 Å². The largest absolute Gasteiger partial charge is 0.384 e. The summed E-state index contributed by atoms with van der Waals surface area (Å²) in [5.41, 5.74) is 1.42. The molecule has 0 radical (unpaired) electrons. The molecule has 1 N–H and O–H groups in total. The van der Waals surface area contributed by atoms with Crippen molar-refractivity contribution in [1.82, 2.24) is 5.32 Å². The summed E-state index contributed by atoms with van der Waals surface area (Å²) in [5, 5.41) is 3.35. The Morgan fingerprint density at radius 2 is 2.45 bits per heavy atom. The minimum absolute atomic E-state index is 0.569. The molecule has 58 valence electrons. The summed E-state index contributed by atoms with van der Waals surface area (Å²) in [4.78, 5) is 0. The normalized spacial score (nSPS) is 34.1. The molecule has 2 aliphatic rings. The molecule has 1 aliphatic carbocycles. The zero-order valence-electron chi connectivity index (χ0n) is 6.75. The molecule has 0 bridgehead atoms. The van der Waals surface area contributed by atoms with Crippen molar-refractivity contribution in [3.8, 4) is 0 Å².